The fourth-order valence-corrected chi connectivity index (χ4v) is 2.93. The minimum atomic E-state index is -4.15. The van der Waals surface area contributed by atoms with Crippen molar-refractivity contribution in [1.29, 1.82) is 0 Å². The predicted molar refractivity (Wildman–Crippen MR) is 77.1 cm³/mol. The summed E-state index contributed by atoms with van der Waals surface area (Å²) in [5, 5.41) is 2.40. The Kier molecular flexibility index (Phi) is 5.75. The average Bonchev–Trinajstić information content (AvgIpc) is 2.33. The maximum absolute atomic E-state index is 13.2. The third-order valence-corrected chi connectivity index (χ3v) is 4.38. The SMILES string of the molecule is CCCCNC(=O)NS(=O)(=O)c1cc(Br)c(F)cc1N. The number of hydrogen-bond donors (Lipinski definition) is 3. The highest BCUT2D eigenvalue weighted by molar-refractivity contribution is 9.10. The van der Waals surface area contributed by atoms with Gasteiger partial charge in [-0.25, -0.2) is 22.3 Å². The van der Waals surface area contributed by atoms with Crippen LogP contribution in [0.4, 0.5) is 14.9 Å². The normalized spacial score (nSPS) is 11.2. The molecule has 9 heteroatoms. The van der Waals surface area contributed by atoms with E-state index in [1.165, 1.54) is 0 Å². The number of benzene rings is 1. The Labute approximate surface area is 125 Å². The Balaban J connectivity index is 2.89. The van der Waals surface area contributed by atoms with Crippen molar-refractivity contribution in [3.8, 4) is 0 Å². The maximum atomic E-state index is 13.2. The number of nitrogen functional groups attached to an aromatic ring is 1. The number of hydrogen-bond acceptors (Lipinski definition) is 4. The van der Waals surface area contributed by atoms with E-state index in [2.05, 4.69) is 21.2 Å². The molecule has 0 atom stereocenters. The maximum Gasteiger partial charge on any atom is 0.328 e. The third-order valence-electron chi connectivity index (χ3n) is 2.39. The molecule has 0 aliphatic rings. The van der Waals surface area contributed by atoms with Gasteiger partial charge >= 0.3 is 6.03 Å². The molecular formula is C11H15BrFN3O3S. The molecule has 112 valence electrons. The van der Waals surface area contributed by atoms with Gasteiger partial charge in [0.05, 0.1) is 10.2 Å². The number of rotatable bonds is 5. The summed E-state index contributed by atoms with van der Waals surface area (Å²) in [5.41, 5.74) is 5.18. The zero-order valence-electron chi connectivity index (χ0n) is 10.7. The Morgan fingerprint density at radius 2 is 2.10 bits per heavy atom. The van der Waals surface area contributed by atoms with Crippen molar-refractivity contribution in [3.05, 3.63) is 22.4 Å². The van der Waals surface area contributed by atoms with E-state index >= 15 is 0 Å². The van der Waals surface area contributed by atoms with Crippen LogP contribution in [0.15, 0.2) is 21.5 Å². The summed E-state index contributed by atoms with van der Waals surface area (Å²) in [6, 6.07) is 1.03. The monoisotopic (exact) mass is 367 g/mol. The van der Waals surface area contributed by atoms with Crippen LogP contribution >= 0.6 is 15.9 Å². The minimum Gasteiger partial charge on any atom is -0.398 e. The van der Waals surface area contributed by atoms with E-state index in [1.807, 2.05) is 11.6 Å². The topological polar surface area (TPSA) is 101 Å². The Morgan fingerprint density at radius 1 is 1.45 bits per heavy atom. The largest absolute Gasteiger partial charge is 0.398 e. The predicted octanol–water partition coefficient (Wildman–Crippen LogP) is 1.96. The van der Waals surface area contributed by atoms with Crippen molar-refractivity contribution in [2.24, 2.45) is 0 Å². The quantitative estimate of drug-likeness (QED) is 0.546. The van der Waals surface area contributed by atoms with Crippen LogP contribution in [0.2, 0.25) is 0 Å². The van der Waals surface area contributed by atoms with Crippen LogP contribution in [0.1, 0.15) is 19.8 Å². The van der Waals surface area contributed by atoms with Crippen LogP contribution in [0, 0.1) is 5.82 Å². The third kappa shape index (κ3) is 4.34. The standard InChI is InChI=1S/C11H15BrFN3O3S/c1-2-3-4-15-11(17)16-20(18,19)10-5-7(12)8(13)6-9(10)14/h5-6H,2-4,14H2,1H3,(H2,15,16,17). The average molecular weight is 368 g/mol. The molecule has 1 rings (SSSR count). The van der Waals surface area contributed by atoms with Gasteiger partial charge in [-0.15, -0.1) is 0 Å². The van der Waals surface area contributed by atoms with Crippen molar-refractivity contribution in [2.45, 2.75) is 24.7 Å². The molecule has 0 aliphatic heterocycles. The number of sulfonamides is 1. The fourth-order valence-electron chi connectivity index (χ4n) is 1.37. The molecule has 0 heterocycles. The molecule has 0 aliphatic carbocycles. The molecule has 4 N–H and O–H groups in total. The summed E-state index contributed by atoms with van der Waals surface area (Å²) in [4.78, 5) is 11.1. The summed E-state index contributed by atoms with van der Waals surface area (Å²) in [5.74, 6) is -0.686. The van der Waals surface area contributed by atoms with Gasteiger partial charge in [-0.3, -0.25) is 0 Å². The summed E-state index contributed by atoms with van der Waals surface area (Å²) in [6.07, 6.45) is 1.60. The van der Waals surface area contributed by atoms with Crippen molar-refractivity contribution >= 4 is 37.7 Å². The lowest BCUT2D eigenvalue weighted by atomic mass is 10.3. The van der Waals surface area contributed by atoms with E-state index in [0.29, 0.717) is 6.54 Å². The molecule has 0 radical (unpaired) electrons. The zero-order valence-corrected chi connectivity index (χ0v) is 13.1. The highest BCUT2D eigenvalue weighted by Crippen LogP contribution is 2.25. The van der Waals surface area contributed by atoms with Gasteiger partial charge in [-0.2, -0.15) is 0 Å². The van der Waals surface area contributed by atoms with Gasteiger partial charge in [0.1, 0.15) is 10.7 Å². The number of halogens is 2. The number of nitrogens with one attached hydrogen (secondary N) is 2. The van der Waals surface area contributed by atoms with Gasteiger partial charge in [-0.1, -0.05) is 13.3 Å². The molecule has 2 amide bonds. The second-order valence-corrected chi connectivity index (χ2v) is 6.52. The zero-order chi connectivity index (χ0) is 15.3. The lowest BCUT2D eigenvalue weighted by Crippen LogP contribution is -2.40. The first-order valence-electron chi connectivity index (χ1n) is 5.83. The van der Waals surface area contributed by atoms with Crippen LogP contribution in [0.3, 0.4) is 0 Å². The summed E-state index contributed by atoms with van der Waals surface area (Å²) in [7, 11) is -4.15. The van der Waals surface area contributed by atoms with E-state index in [1.54, 1.807) is 0 Å². The fraction of sp³-hybridized carbons (Fsp3) is 0.364. The highest BCUT2D eigenvalue weighted by Gasteiger charge is 2.22. The van der Waals surface area contributed by atoms with Crippen LogP contribution < -0.4 is 15.8 Å². The van der Waals surface area contributed by atoms with Gasteiger partial charge in [0.2, 0.25) is 0 Å². The number of unbranched alkanes of at least 4 members (excludes halogenated alkanes) is 1. The van der Waals surface area contributed by atoms with Crippen molar-refractivity contribution in [3.63, 3.8) is 0 Å². The van der Waals surface area contributed by atoms with Crippen molar-refractivity contribution in [1.82, 2.24) is 10.0 Å². The first kappa shape index (κ1) is 16.7. The lowest BCUT2D eigenvalue weighted by Gasteiger charge is -2.10. The van der Waals surface area contributed by atoms with Gasteiger partial charge in [0.25, 0.3) is 10.0 Å². The molecule has 0 fully saturated rings. The number of amides is 2. The number of carbonyl (C=O) groups is 1. The Hall–Kier alpha value is -1.35. The van der Waals surface area contributed by atoms with Crippen molar-refractivity contribution in [2.75, 3.05) is 12.3 Å². The van der Waals surface area contributed by atoms with Crippen molar-refractivity contribution < 1.29 is 17.6 Å². The van der Waals surface area contributed by atoms with E-state index < -0.39 is 21.9 Å². The first-order chi connectivity index (χ1) is 9.27. The number of carbonyl (C=O) groups excluding carboxylic acids is 1. The second-order valence-electron chi connectivity index (χ2n) is 4.02. The number of nitrogens with two attached hydrogens (primary N) is 1. The van der Waals surface area contributed by atoms with Crippen LogP contribution in [-0.2, 0) is 10.0 Å². The van der Waals surface area contributed by atoms with Crippen LogP contribution in [-0.4, -0.2) is 21.0 Å². The van der Waals surface area contributed by atoms with Gasteiger partial charge in [0.15, 0.2) is 0 Å². The highest BCUT2D eigenvalue weighted by atomic mass is 79.9. The summed E-state index contributed by atoms with van der Waals surface area (Å²) in [6.45, 7) is 2.30. The van der Waals surface area contributed by atoms with Gasteiger partial charge in [0, 0.05) is 6.54 Å². The molecule has 20 heavy (non-hydrogen) atoms. The molecule has 0 bridgehead atoms. The second kappa shape index (κ2) is 6.89. The van der Waals surface area contributed by atoms with Crippen LogP contribution in [0.5, 0.6) is 0 Å². The molecular weight excluding hydrogens is 353 g/mol. The minimum absolute atomic E-state index is 0.0570. The summed E-state index contributed by atoms with van der Waals surface area (Å²) < 4.78 is 38.9. The molecule has 0 unspecified atom stereocenters. The first-order valence-corrected chi connectivity index (χ1v) is 8.10. The molecule has 0 aromatic heterocycles. The molecule has 6 nitrogen and oxygen atoms in total. The molecule has 0 spiro atoms. The van der Waals surface area contributed by atoms with E-state index in [4.69, 9.17) is 5.73 Å². The number of anilines is 1. The lowest BCUT2D eigenvalue weighted by molar-refractivity contribution is 0.245. The van der Waals surface area contributed by atoms with E-state index in [0.717, 1.165) is 25.0 Å². The molecule has 0 saturated heterocycles. The van der Waals surface area contributed by atoms with Crippen LogP contribution in [0.25, 0.3) is 0 Å². The molecule has 1 aromatic carbocycles. The summed E-state index contributed by atoms with van der Waals surface area (Å²) >= 11 is 2.87. The molecule has 0 saturated carbocycles. The molecule has 1 aromatic rings. The Morgan fingerprint density at radius 3 is 2.70 bits per heavy atom. The van der Waals surface area contributed by atoms with Gasteiger partial charge in [-0.05, 0) is 34.5 Å². The van der Waals surface area contributed by atoms with E-state index in [9.17, 15) is 17.6 Å². The Bertz CT molecular complexity index is 607. The smallest absolute Gasteiger partial charge is 0.328 e. The number of urea groups is 1. The van der Waals surface area contributed by atoms with Gasteiger partial charge < -0.3 is 11.1 Å². The van der Waals surface area contributed by atoms with E-state index in [-0.39, 0.29) is 15.1 Å².